The summed E-state index contributed by atoms with van der Waals surface area (Å²) in [5, 5.41) is 14.1. The van der Waals surface area contributed by atoms with E-state index in [1.807, 2.05) is 6.07 Å². The molecule has 106 valence electrons. The third-order valence-electron chi connectivity index (χ3n) is 4.06. The zero-order valence-electron chi connectivity index (χ0n) is 11.7. The van der Waals surface area contributed by atoms with Crippen molar-refractivity contribution in [2.45, 2.75) is 51.0 Å². The number of hydrogen-bond donors (Lipinski definition) is 2. The summed E-state index contributed by atoms with van der Waals surface area (Å²) in [6.45, 7) is 0. The summed E-state index contributed by atoms with van der Waals surface area (Å²) >= 11 is 0. The molecule has 1 aromatic heterocycles. The molecule has 3 rings (SSSR count). The van der Waals surface area contributed by atoms with E-state index in [2.05, 4.69) is 15.3 Å². The molecular weight excluding hydrogens is 250 g/mol. The Morgan fingerprint density at radius 2 is 1.75 bits per heavy atom. The summed E-state index contributed by atoms with van der Waals surface area (Å²) in [5.41, 5.74) is 0.867. The van der Waals surface area contributed by atoms with Gasteiger partial charge in [-0.15, -0.1) is 0 Å². The Hall–Kier alpha value is -1.84. The quantitative estimate of drug-likeness (QED) is 0.870. The predicted molar refractivity (Wildman–Crippen MR) is 80.9 cm³/mol. The fourth-order valence-electron chi connectivity index (χ4n) is 2.95. The molecule has 0 bridgehead atoms. The SMILES string of the molecule is Oc1ccc2ncnc(NC3CCCCCCC3)c2c1. The van der Waals surface area contributed by atoms with E-state index in [9.17, 15) is 5.11 Å². The van der Waals surface area contributed by atoms with Crippen LogP contribution < -0.4 is 5.32 Å². The molecule has 2 aromatic rings. The molecule has 1 saturated carbocycles. The van der Waals surface area contributed by atoms with Gasteiger partial charge in [-0.25, -0.2) is 9.97 Å². The standard InChI is InChI=1S/C16H21N3O/c20-13-8-9-15-14(10-13)16(18-11-17-15)19-12-6-4-2-1-3-5-7-12/h8-12,20H,1-7H2,(H,17,18,19). The van der Waals surface area contributed by atoms with Gasteiger partial charge in [0, 0.05) is 11.4 Å². The lowest BCUT2D eigenvalue weighted by molar-refractivity contribution is 0.470. The molecule has 0 unspecified atom stereocenters. The number of anilines is 1. The van der Waals surface area contributed by atoms with Gasteiger partial charge >= 0.3 is 0 Å². The van der Waals surface area contributed by atoms with Crippen molar-refractivity contribution >= 4 is 16.7 Å². The summed E-state index contributed by atoms with van der Waals surface area (Å²) in [6, 6.07) is 5.71. The third-order valence-corrected chi connectivity index (χ3v) is 4.06. The molecular formula is C16H21N3O. The van der Waals surface area contributed by atoms with Crippen molar-refractivity contribution < 1.29 is 5.11 Å². The number of nitrogens with one attached hydrogen (secondary N) is 1. The van der Waals surface area contributed by atoms with E-state index < -0.39 is 0 Å². The minimum atomic E-state index is 0.257. The van der Waals surface area contributed by atoms with Crippen LogP contribution in [-0.4, -0.2) is 21.1 Å². The normalized spacial score (nSPS) is 17.6. The highest BCUT2D eigenvalue weighted by Gasteiger charge is 2.13. The Balaban J connectivity index is 1.83. The van der Waals surface area contributed by atoms with Crippen molar-refractivity contribution in [2.75, 3.05) is 5.32 Å². The number of rotatable bonds is 2. The zero-order valence-corrected chi connectivity index (χ0v) is 11.7. The molecule has 1 aliphatic rings. The number of nitrogens with zero attached hydrogens (tertiary/aromatic N) is 2. The minimum absolute atomic E-state index is 0.257. The Bertz CT molecular complexity index is 577. The van der Waals surface area contributed by atoms with Crippen molar-refractivity contribution in [3.63, 3.8) is 0 Å². The van der Waals surface area contributed by atoms with Crippen LogP contribution in [-0.2, 0) is 0 Å². The average Bonchev–Trinajstić information content (AvgIpc) is 2.42. The van der Waals surface area contributed by atoms with Crippen LogP contribution in [0.15, 0.2) is 24.5 Å². The zero-order chi connectivity index (χ0) is 13.8. The van der Waals surface area contributed by atoms with Gasteiger partial charge in [0.25, 0.3) is 0 Å². The first kappa shape index (κ1) is 13.2. The van der Waals surface area contributed by atoms with E-state index in [-0.39, 0.29) is 5.75 Å². The Kier molecular flexibility index (Phi) is 4.00. The number of aromatic nitrogens is 2. The smallest absolute Gasteiger partial charge is 0.137 e. The second-order valence-corrected chi connectivity index (χ2v) is 5.61. The molecule has 0 spiro atoms. The molecule has 0 atom stereocenters. The minimum Gasteiger partial charge on any atom is -0.508 e. The van der Waals surface area contributed by atoms with Crippen molar-refractivity contribution in [3.05, 3.63) is 24.5 Å². The van der Waals surface area contributed by atoms with E-state index in [0.717, 1.165) is 16.7 Å². The van der Waals surface area contributed by atoms with Gasteiger partial charge in [0.1, 0.15) is 17.9 Å². The van der Waals surface area contributed by atoms with Gasteiger partial charge in [-0.05, 0) is 31.0 Å². The molecule has 0 saturated heterocycles. The van der Waals surface area contributed by atoms with Gasteiger partial charge in [0.2, 0.25) is 0 Å². The first-order valence-electron chi connectivity index (χ1n) is 7.53. The van der Waals surface area contributed by atoms with E-state index in [1.165, 1.54) is 44.9 Å². The number of aromatic hydroxyl groups is 1. The topological polar surface area (TPSA) is 58.0 Å². The van der Waals surface area contributed by atoms with E-state index in [1.54, 1.807) is 18.5 Å². The summed E-state index contributed by atoms with van der Waals surface area (Å²) in [7, 11) is 0. The van der Waals surface area contributed by atoms with Crippen LogP contribution in [0.1, 0.15) is 44.9 Å². The first-order chi connectivity index (χ1) is 9.83. The molecule has 2 N–H and O–H groups in total. The molecule has 1 heterocycles. The molecule has 0 amide bonds. The maximum atomic E-state index is 9.66. The molecule has 4 nitrogen and oxygen atoms in total. The lowest BCUT2D eigenvalue weighted by atomic mass is 9.96. The number of fused-ring (bicyclic) bond motifs is 1. The van der Waals surface area contributed by atoms with Crippen molar-refractivity contribution in [1.82, 2.24) is 9.97 Å². The summed E-state index contributed by atoms with van der Waals surface area (Å²) < 4.78 is 0. The van der Waals surface area contributed by atoms with Crippen LogP contribution in [0, 0.1) is 0 Å². The second-order valence-electron chi connectivity index (χ2n) is 5.61. The highest BCUT2D eigenvalue weighted by Crippen LogP contribution is 2.26. The fourth-order valence-corrected chi connectivity index (χ4v) is 2.95. The average molecular weight is 271 g/mol. The van der Waals surface area contributed by atoms with Crippen LogP contribution in [0.3, 0.4) is 0 Å². The number of hydrogen-bond acceptors (Lipinski definition) is 4. The van der Waals surface area contributed by atoms with Gasteiger partial charge in [-0.2, -0.15) is 0 Å². The van der Waals surface area contributed by atoms with Crippen LogP contribution >= 0.6 is 0 Å². The van der Waals surface area contributed by atoms with Crippen molar-refractivity contribution in [3.8, 4) is 5.75 Å². The maximum Gasteiger partial charge on any atom is 0.137 e. The van der Waals surface area contributed by atoms with Crippen molar-refractivity contribution in [1.29, 1.82) is 0 Å². The number of phenols is 1. The van der Waals surface area contributed by atoms with Crippen LogP contribution in [0.5, 0.6) is 5.75 Å². The Morgan fingerprint density at radius 3 is 2.55 bits per heavy atom. The van der Waals surface area contributed by atoms with Crippen molar-refractivity contribution in [2.24, 2.45) is 0 Å². The van der Waals surface area contributed by atoms with Gasteiger partial charge < -0.3 is 10.4 Å². The highest BCUT2D eigenvalue weighted by molar-refractivity contribution is 5.89. The van der Waals surface area contributed by atoms with E-state index >= 15 is 0 Å². The van der Waals surface area contributed by atoms with Gasteiger partial charge in [0.15, 0.2) is 0 Å². The van der Waals surface area contributed by atoms with Crippen LogP contribution in [0.2, 0.25) is 0 Å². The summed E-state index contributed by atoms with van der Waals surface area (Å²) in [6.07, 6.45) is 10.6. The lowest BCUT2D eigenvalue weighted by Gasteiger charge is -2.22. The number of benzene rings is 1. The summed E-state index contributed by atoms with van der Waals surface area (Å²) in [5.74, 6) is 1.10. The first-order valence-corrected chi connectivity index (χ1v) is 7.53. The number of phenolic OH excluding ortho intramolecular Hbond substituents is 1. The second kappa shape index (κ2) is 6.07. The molecule has 1 aromatic carbocycles. The highest BCUT2D eigenvalue weighted by atomic mass is 16.3. The molecule has 1 fully saturated rings. The van der Waals surface area contributed by atoms with E-state index in [0.29, 0.717) is 6.04 Å². The summed E-state index contributed by atoms with van der Waals surface area (Å²) in [4.78, 5) is 8.61. The predicted octanol–water partition coefficient (Wildman–Crippen LogP) is 3.86. The molecule has 0 radical (unpaired) electrons. The van der Waals surface area contributed by atoms with E-state index in [4.69, 9.17) is 0 Å². The fraction of sp³-hybridized carbons (Fsp3) is 0.500. The molecule has 1 aliphatic carbocycles. The third kappa shape index (κ3) is 3.00. The molecule has 4 heteroatoms. The maximum absolute atomic E-state index is 9.66. The Labute approximate surface area is 119 Å². The van der Waals surface area contributed by atoms with Crippen LogP contribution in [0.25, 0.3) is 10.9 Å². The lowest BCUT2D eigenvalue weighted by Crippen LogP contribution is -2.21. The molecule has 0 aliphatic heterocycles. The molecule has 20 heavy (non-hydrogen) atoms. The van der Waals surface area contributed by atoms with Crippen LogP contribution in [0.4, 0.5) is 5.82 Å². The van der Waals surface area contributed by atoms with Gasteiger partial charge in [-0.3, -0.25) is 0 Å². The Morgan fingerprint density at radius 1 is 1.00 bits per heavy atom. The van der Waals surface area contributed by atoms with Gasteiger partial charge in [0.05, 0.1) is 5.52 Å². The monoisotopic (exact) mass is 271 g/mol. The van der Waals surface area contributed by atoms with Gasteiger partial charge in [-0.1, -0.05) is 32.1 Å². The largest absolute Gasteiger partial charge is 0.508 e.